The third-order valence-electron chi connectivity index (χ3n) is 13.3. The summed E-state index contributed by atoms with van der Waals surface area (Å²) in [6, 6.07) is 86.1. The smallest absolute Gasteiger partial charge is 0.0580 e. The van der Waals surface area contributed by atoms with Crippen LogP contribution in [0, 0.1) is 0 Å². The van der Waals surface area contributed by atoms with Gasteiger partial charge < -0.3 is 9.47 Å². The molecule has 0 radical (unpaired) electrons. The normalized spacial score (nSPS) is 13.4. The Labute approximate surface area is 386 Å². The van der Waals surface area contributed by atoms with Crippen molar-refractivity contribution in [2.75, 3.05) is 4.90 Å². The molecule has 0 aliphatic heterocycles. The third kappa shape index (κ3) is 7.19. The molecule has 11 aromatic rings. The number of nitrogens with zero attached hydrogens (tertiary/aromatic N) is 2. The van der Waals surface area contributed by atoms with Gasteiger partial charge in [-0.1, -0.05) is 206 Å². The van der Waals surface area contributed by atoms with Crippen LogP contribution in [-0.4, -0.2) is 10.6 Å². The molecule has 1 aromatic heterocycles. The van der Waals surface area contributed by atoms with Crippen LogP contribution < -0.4 is 4.90 Å². The third-order valence-corrected chi connectivity index (χ3v) is 13.3. The molecule has 2 nitrogen and oxygen atoms in total. The van der Waals surface area contributed by atoms with Gasteiger partial charge in [-0.25, -0.2) is 0 Å². The average molecular weight is 843 g/mol. The summed E-state index contributed by atoms with van der Waals surface area (Å²) in [6.07, 6.45) is 10.1. The zero-order valence-electron chi connectivity index (χ0n) is 36.5. The monoisotopic (exact) mass is 842 g/mol. The SMILES string of the molecule is C(=Cc1ccc2c3c(n(-c4ccccc4)c2c1)CC(N(c1ccccc1)c1ccccc1)C=C3)c1ccc2cc(-c3ccc(-c4ccccc4)c4c(-c5ccccc5)cccc34)ccc2c1. The summed E-state index contributed by atoms with van der Waals surface area (Å²) in [7, 11) is 0. The molecule has 66 heavy (non-hydrogen) atoms. The van der Waals surface area contributed by atoms with Crippen molar-refractivity contribution in [2.45, 2.75) is 12.5 Å². The zero-order valence-corrected chi connectivity index (χ0v) is 36.5. The van der Waals surface area contributed by atoms with Gasteiger partial charge >= 0.3 is 0 Å². The van der Waals surface area contributed by atoms with E-state index in [1.165, 1.54) is 105 Å². The molecular formula is C64H46N2. The molecule has 2 heteroatoms. The molecular weight excluding hydrogens is 797 g/mol. The van der Waals surface area contributed by atoms with Gasteiger partial charge in [0.15, 0.2) is 0 Å². The summed E-state index contributed by atoms with van der Waals surface area (Å²) >= 11 is 0. The fraction of sp³-hybridized carbons (Fsp3) is 0.0312. The zero-order chi connectivity index (χ0) is 43.8. The summed E-state index contributed by atoms with van der Waals surface area (Å²) in [5.41, 5.74) is 17.1. The Morgan fingerprint density at radius 2 is 0.985 bits per heavy atom. The Morgan fingerprint density at radius 1 is 0.424 bits per heavy atom. The summed E-state index contributed by atoms with van der Waals surface area (Å²) in [6.45, 7) is 0. The van der Waals surface area contributed by atoms with Crippen molar-refractivity contribution in [3.8, 4) is 39.1 Å². The first-order valence-corrected chi connectivity index (χ1v) is 22.9. The van der Waals surface area contributed by atoms with Gasteiger partial charge in [0.25, 0.3) is 0 Å². The van der Waals surface area contributed by atoms with Crippen LogP contribution in [0.5, 0.6) is 0 Å². The first kappa shape index (κ1) is 39.2. The van der Waals surface area contributed by atoms with Crippen LogP contribution in [-0.2, 0) is 6.42 Å². The van der Waals surface area contributed by atoms with E-state index in [0.717, 1.165) is 6.42 Å². The van der Waals surface area contributed by atoms with Crippen LogP contribution in [0.3, 0.4) is 0 Å². The number of hydrogen-bond donors (Lipinski definition) is 0. The highest BCUT2D eigenvalue weighted by atomic mass is 15.2. The highest BCUT2D eigenvalue weighted by molar-refractivity contribution is 6.12. The van der Waals surface area contributed by atoms with Gasteiger partial charge in [0.05, 0.1) is 11.6 Å². The molecule has 1 aliphatic rings. The molecule has 1 heterocycles. The second-order valence-corrected chi connectivity index (χ2v) is 17.3. The molecule has 0 bridgehead atoms. The molecule has 12 rings (SSSR count). The highest BCUT2D eigenvalue weighted by Crippen LogP contribution is 2.42. The van der Waals surface area contributed by atoms with Gasteiger partial charge in [-0.15, -0.1) is 0 Å². The maximum Gasteiger partial charge on any atom is 0.0580 e. The van der Waals surface area contributed by atoms with E-state index in [2.05, 4.69) is 270 Å². The molecule has 1 aliphatic carbocycles. The first-order valence-electron chi connectivity index (χ1n) is 22.9. The molecule has 0 saturated carbocycles. The number of rotatable bonds is 9. The maximum absolute atomic E-state index is 2.49. The molecule has 0 saturated heterocycles. The van der Waals surface area contributed by atoms with E-state index < -0.39 is 0 Å². The molecule has 0 amide bonds. The second-order valence-electron chi connectivity index (χ2n) is 17.3. The fourth-order valence-corrected chi connectivity index (χ4v) is 10.2. The summed E-state index contributed by atoms with van der Waals surface area (Å²) in [4.78, 5) is 2.47. The molecule has 1 unspecified atom stereocenters. The van der Waals surface area contributed by atoms with Crippen LogP contribution in [0.15, 0.2) is 243 Å². The number of fused-ring (bicyclic) bond motifs is 5. The van der Waals surface area contributed by atoms with Crippen LogP contribution in [0.2, 0.25) is 0 Å². The number of hydrogen-bond acceptors (Lipinski definition) is 1. The van der Waals surface area contributed by atoms with Gasteiger partial charge in [0.2, 0.25) is 0 Å². The van der Waals surface area contributed by atoms with Crippen molar-refractivity contribution in [1.82, 2.24) is 4.57 Å². The van der Waals surface area contributed by atoms with E-state index in [1.54, 1.807) is 0 Å². The van der Waals surface area contributed by atoms with Gasteiger partial charge in [0.1, 0.15) is 0 Å². The van der Waals surface area contributed by atoms with Gasteiger partial charge in [-0.3, -0.25) is 0 Å². The summed E-state index contributed by atoms with van der Waals surface area (Å²) in [5, 5.41) is 6.25. The van der Waals surface area contributed by atoms with E-state index in [9.17, 15) is 0 Å². The van der Waals surface area contributed by atoms with Crippen molar-refractivity contribution in [1.29, 1.82) is 0 Å². The maximum atomic E-state index is 2.49. The number of benzene rings is 10. The minimum Gasteiger partial charge on any atom is -0.334 e. The molecule has 1 atom stereocenters. The Kier molecular flexibility index (Phi) is 10.0. The van der Waals surface area contributed by atoms with Crippen LogP contribution in [0.4, 0.5) is 11.4 Å². The quantitative estimate of drug-likeness (QED) is 0.131. The minimum absolute atomic E-state index is 0.143. The summed E-state index contributed by atoms with van der Waals surface area (Å²) in [5.74, 6) is 0. The lowest BCUT2D eigenvalue weighted by Crippen LogP contribution is -2.33. The molecule has 0 spiro atoms. The predicted molar refractivity (Wildman–Crippen MR) is 282 cm³/mol. The van der Waals surface area contributed by atoms with Crippen LogP contribution in [0.25, 0.3) is 89.7 Å². The van der Waals surface area contributed by atoms with Gasteiger partial charge in [-0.2, -0.15) is 0 Å². The topological polar surface area (TPSA) is 8.17 Å². The van der Waals surface area contributed by atoms with E-state index >= 15 is 0 Å². The van der Waals surface area contributed by atoms with Crippen molar-refractivity contribution >= 4 is 62.1 Å². The first-order chi connectivity index (χ1) is 32.7. The van der Waals surface area contributed by atoms with Crippen molar-refractivity contribution in [3.05, 3.63) is 265 Å². The lowest BCUT2D eigenvalue weighted by Gasteiger charge is -2.34. The standard InChI is InChI=1S/C64H46N2/c1-6-17-47(18-7-1)57-27-16-28-61-56(39-40-58(64(57)61)48-19-8-2-9-20-48)51-35-34-49-41-45(31-33-50(49)43-51)29-30-46-32-37-59-60-38-36-55(44-63(60)66(62(59)42-46)54-25-14-5-15-26-54)65(52-21-10-3-11-22-52)53-23-12-4-13-24-53/h1-43,55H,44H2. The van der Waals surface area contributed by atoms with Crippen LogP contribution in [0.1, 0.15) is 22.4 Å². The average Bonchev–Trinajstić information content (AvgIpc) is 3.71. The predicted octanol–water partition coefficient (Wildman–Crippen LogP) is 16.9. The van der Waals surface area contributed by atoms with E-state index in [1.807, 2.05) is 0 Å². The van der Waals surface area contributed by atoms with Gasteiger partial charge in [0, 0.05) is 40.1 Å². The summed E-state index contributed by atoms with van der Waals surface area (Å²) < 4.78 is 2.49. The second kappa shape index (κ2) is 16.9. The molecule has 0 N–H and O–H groups in total. The Morgan fingerprint density at radius 3 is 1.67 bits per heavy atom. The van der Waals surface area contributed by atoms with Crippen molar-refractivity contribution < 1.29 is 0 Å². The van der Waals surface area contributed by atoms with E-state index in [-0.39, 0.29) is 6.04 Å². The number of anilines is 2. The fourth-order valence-electron chi connectivity index (χ4n) is 10.2. The Balaban J connectivity index is 0.880. The van der Waals surface area contributed by atoms with Crippen molar-refractivity contribution in [2.24, 2.45) is 0 Å². The molecule has 0 fully saturated rings. The number of aromatic nitrogens is 1. The van der Waals surface area contributed by atoms with Crippen LogP contribution >= 0.6 is 0 Å². The minimum atomic E-state index is 0.143. The lowest BCUT2D eigenvalue weighted by molar-refractivity contribution is 0.738. The van der Waals surface area contributed by atoms with E-state index in [0.29, 0.717) is 0 Å². The lowest BCUT2D eigenvalue weighted by atomic mass is 9.87. The molecule has 312 valence electrons. The van der Waals surface area contributed by atoms with Crippen molar-refractivity contribution in [3.63, 3.8) is 0 Å². The largest absolute Gasteiger partial charge is 0.334 e. The highest BCUT2D eigenvalue weighted by Gasteiger charge is 2.28. The van der Waals surface area contributed by atoms with E-state index in [4.69, 9.17) is 0 Å². The Hall–Kier alpha value is -8.46. The molecule has 10 aromatic carbocycles. The van der Waals surface area contributed by atoms with Gasteiger partial charge in [-0.05, 0) is 121 Å². The number of para-hydroxylation sites is 3. The Bertz CT molecular complexity index is 3500.